The first-order valence-electron chi connectivity index (χ1n) is 11.4. The highest BCUT2D eigenvalue weighted by Crippen LogP contribution is 2.19. The molecule has 1 aliphatic rings. The number of carbonyl (C=O) groups excluding carboxylic acids is 3. The Morgan fingerprint density at radius 3 is 2.51 bits per heavy atom. The molecule has 9 N–H and O–H groups in total. The third-order valence-electron chi connectivity index (χ3n) is 5.72. The molecule has 1 aromatic rings. The van der Waals surface area contributed by atoms with Crippen molar-refractivity contribution in [3.8, 4) is 0 Å². The molecule has 1 aliphatic heterocycles. The van der Waals surface area contributed by atoms with E-state index < -0.39 is 60.2 Å². The molecule has 14 nitrogen and oxygen atoms in total. The summed E-state index contributed by atoms with van der Waals surface area (Å²) in [5.41, 5.74) is 12.1. The molecule has 0 aromatic carbocycles. The summed E-state index contributed by atoms with van der Waals surface area (Å²) < 4.78 is 0. The minimum Gasteiger partial charge on any atom is -0.481 e. The molecule has 0 aliphatic carbocycles. The van der Waals surface area contributed by atoms with Crippen LogP contribution in [0.4, 0.5) is 0 Å². The fraction of sp³-hybridized carbons (Fsp3) is 0.619. The molecule has 2 rings (SSSR count). The quantitative estimate of drug-likeness (QED) is 0.139. The first kappa shape index (κ1) is 27.7. The minimum absolute atomic E-state index is 0.102. The fourth-order valence-corrected chi connectivity index (χ4v) is 3.91. The van der Waals surface area contributed by atoms with Crippen LogP contribution in [0, 0.1) is 0 Å². The molecule has 35 heavy (non-hydrogen) atoms. The summed E-state index contributed by atoms with van der Waals surface area (Å²) in [6.07, 6.45) is 4.37. The second-order valence-electron chi connectivity index (χ2n) is 8.42. The number of carboxylic acids is 2. The summed E-state index contributed by atoms with van der Waals surface area (Å²) in [5, 5.41) is 23.2. The molecule has 1 fully saturated rings. The van der Waals surface area contributed by atoms with Gasteiger partial charge in [0.2, 0.25) is 17.7 Å². The zero-order valence-corrected chi connectivity index (χ0v) is 19.3. The van der Waals surface area contributed by atoms with Crippen molar-refractivity contribution in [2.45, 2.75) is 69.1 Å². The highest BCUT2D eigenvalue weighted by atomic mass is 16.4. The predicted molar refractivity (Wildman–Crippen MR) is 122 cm³/mol. The number of nitrogens with one attached hydrogen (secondary N) is 3. The van der Waals surface area contributed by atoms with Gasteiger partial charge in [-0.15, -0.1) is 0 Å². The van der Waals surface area contributed by atoms with E-state index in [0.717, 1.165) is 0 Å². The van der Waals surface area contributed by atoms with Gasteiger partial charge < -0.3 is 42.2 Å². The average Bonchev–Trinajstić information content (AvgIpc) is 3.49. The lowest BCUT2D eigenvalue weighted by Gasteiger charge is -2.28. The van der Waals surface area contributed by atoms with E-state index in [9.17, 15) is 34.2 Å². The maximum Gasteiger partial charge on any atom is 0.326 e. The van der Waals surface area contributed by atoms with Gasteiger partial charge in [0.1, 0.15) is 18.1 Å². The van der Waals surface area contributed by atoms with E-state index in [4.69, 9.17) is 11.5 Å². The Bertz CT molecular complexity index is 893. The molecule has 194 valence electrons. The van der Waals surface area contributed by atoms with Gasteiger partial charge in [0.05, 0.1) is 18.8 Å². The van der Waals surface area contributed by atoms with Crippen molar-refractivity contribution in [1.29, 1.82) is 0 Å². The first-order chi connectivity index (χ1) is 16.6. The molecule has 2 heterocycles. The minimum atomic E-state index is -1.52. The summed E-state index contributed by atoms with van der Waals surface area (Å²) in [4.78, 5) is 69.4. The molecule has 14 heteroatoms. The third kappa shape index (κ3) is 8.33. The van der Waals surface area contributed by atoms with E-state index in [1.165, 1.54) is 17.4 Å². The molecular weight excluding hydrogens is 462 g/mol. The lowest BCUT2D eigenvalue weighted by Crippen LogP contribution is -2.57. The van der Waals surface area contributed by atoms with Crippen LogP contribution in [0.5, 0.6) is 0 Å². The zero-order valence-electron chi connectivity index (χ0n) is 19.3. The number of aromatic nitrogens is 2. The molecule has 1 aromatic heterocycles. The van der Waals surface area contributed by atoms with Crippen LogP contribution in [0.3, 0.4) is 0 Å². The molecule has 4 atom stereocenters. The van der Waals surface area contributed by atoms with Gasteiger partial charge >= 0.3 is 11.9 Å². The SMILES string of the molecule is NCCCCC(NC(=O)C(CC(=O)O)NC(=O)C1CCCN1C(=O)C(N)Cc1cnc[nH]1)C(=O)O. The highest BCUT2D eigenvalue weighted by molar-refractivity contribution is 5.95. The normalized spacial score (nSPS) is 17.9. The van der Waals surface area contributed by atoms with Gasteiger partial charge in [-0.25, -0.2) is 9.78 Å². The number of H-pyrrole nitrogens is 1. The van der Waals surface area contributed by atoms with Crippen molar-refractivity contribution in [1.82, 2.24) is 25.5 Å². The summed E-state index contributed by atoms with van der Waals surface area (Å²) >= 11 is 0. The van der Waals surface area contributed by atoms with Crippen LogP contribution in [0.1, 0.15) is 44.2 Å². The molecule has 1 saturated heterocycles. The van der Waals surface area contributed by atoms with Crippen molar-refractivity contribution in [2.75, 3.05) is 13.1 Å². The molecule has 0 bridgehead atoms. The lowest BCUT2D eigenvalue weighted by molar-refractivity contribution is -0.144. The number of nitrogens with two attached hydrogens (primary N) is 2. The summed E-state index contributed by atoms with van der Waals surface area (Å²) in [5.74, 6) is -4.74. The molecule has 3 amide bonds. The Morgan fingerprint density at radius 1 is 1.17 bits per heavy atom. The lowest BCUT2D eigenvalue weighted by atomic mass is 10.1. The van der Waals surface area contributed by atoms with Gasteiger partial charge in [0.15, 0.2) is 0 Å². The molecule has 4 unspecified atom stereocenters. The van der Waals surface area contributed by atoms with E-state index in [2.05, 4.69) is 20.6 Å². The molecule has 0 saturated carbocycles. The topological polar surface area (TPSA) is 234 Å². The Morgan fingerprint density at radius 2 is 1.91 bits per heavy atom. The average molecular weight is 496 g/mol. The van der Waals surface area contributed by atoms with Gasteiger partial charge in [0.25, 0.3) is 0 Å². The number of hydrogen-bond acceptors (Lipinski definition) is 8. The van der Waals surface area contributed by atoms with E-state index in [1.807, 2.05) is 0 Å². The van der Waals surface area contributed by atoms with Crippen LogP contribution in [0.25, 0.3) is 0 Å². The van der Waals surface area contributed by atoms with Crippen LogP contribution in [-0.2, 0) is 30.4 Å². The second-order valence-corrected chi connectivity index (χ2v) is 8.42. The fourth-order valence-electron chi connectivity index (χ4n) is 3.91. The number of likely N-dealkylation sites (tertiary alicyclic amines) is 1. The van der Waals surface area contributed by atoms with Crippen LogP contribution in [0.15, 0.2) is 12.5 Å². The number of nitrogens with zero attached hydrogens (tertiary/aromatic N) is 2. The van der Waals surface area contributed by atoms with E-state index >= 15 is 0 Å². The third-order valence-corrected chi connectivity index (χ3v) is 5.72. The molecule has 0 spiro atoms. The first-order valence-corrected chi connectivity index (χ1v) is 11.4. The number of hydrogen-bond donors (Lipinski definition) is 7. The number of rotatable bonds is 14. The van der Waals surface area contributed by atoms with Crippen molar-refractivity contribution < 1.29 is 34.2 Å². The monoisotopic (exact) mass is 495 g/mol. The van der Waals surface area contributed by atoms with Crippen molar-refractivity contribution in [2.24, 2.45) is 11.5 Å². The highest BCUT2D eigenvalue weighted by Gasteiger charge is 2.38. The number of carbonyl (C=O) groups is 5. The maximum absolute atomic E-state index is 13.0. The van der Waals surface area contributed by atoms with Gasteiger partial charge in [-0.1, -0.05) is 0 Å². The van der Waals surface area contributed by atoms with Crippen LogP contribution >= 0.6 is 0 Å². The Kier molecular flexibility index (Phi) is 10.6. The largest absolute Gasteiger partial charge is 0.481 e. The van der Waals surface area contributed by atoms with Gasteiger partial charge in [-0.2, -0.15) is 0 Å². The predicted octanol–water partition coefficient (Wildman–Crippen LogP) is -2.07. The van der Waals surface area contributed by atoms with Crippen LogP contribution in [0.2, 0.25) is 0 Å². The number of amides is 3. The Balaban J connectivity index is 2.05. The summed E-state index contributed by atoms with van der Waals surface area (Å²) in [6.45, 7) is 0.645. The number of aliphatic carboxylic acids is 2. The van der Waals surface area contributed by atoms with E-state index in [-0.39, 0.29) is 19.4 Å². The van der Waals surface area contributed by atoms with E-state index in [1.54, 1.807) is 0 Å². The zero-order chi connectivity index (χ0) is 26.0. The van der Waals surface area contributed by atoms with Crippen LogP contribution in [-0.4, -0.2) is 92.0 Å². The molecular formula is C21H33N7O7. The van der Waals surface area contributed by atoms with Crippen molar-refractivity contribution in [3.63, 3.8) is 0 Å². The molecule has 0 radical (unpaired) electrons. The smallest absolute Gasteiger partial charge is 0.326 e. The number of imidazole rings is 1. The summed E-state index contributed by atoms with van der Waals surface area (Å²) in [6, 6.07) is -4.63. The Labute approximate surface area is 201 Å². The van der Waals surface area contributed by atoms with Gasteiger partial charge in [-0.05, 0) is 38.6 Å². The summed E-state index contributed by atoms with van der Waals surface area (Å²) in [7, 11) is 0. The number of carboxylic acid groups (broad SMARTS) is 2. The number of aromatic amines is 1. The maximum atomic E-state index is 13.0. The van der Waals surface area contributed by atoms with Crippen molar-refractivity contribution in [3.05, 3.63) is 18.2 Å². The van der Waals surface area contributed by atoms with Gasteiger partial charge in [-0.3, -0.25) is 19.2 Å². The number of unbranched alkanes of at least 4 members (excludes halogenated alkanes) is 1. The second kappa shape index (κ2) is 13.4. The van der Waals surface area contributed by atoms with Gasteiger partial charge in [0, 0.05) is 24.9 Å². The van der Waals surface area contributed by atoms with E-state index in [0.29, 0.717) is 37.9 Å². The van der Waals surface area contributed by atoms with Crippen LogP contribution < -0.4 is 22.1 Å². The Hall–Kier alpha value is -3.52. The van der Waals surface area contributed by atoms with Crippen molar-refractivity contribution >= 4 is 29.7 Å². The standard InChI is InChI=1S/C21H33N7O7/c22-6-2-1-4-14(21(34)35)26-18(31)15(9-17(29)30)27-19(32)16-5-3-7-28(16)20(33)13(23)8-12-10-24-11-25-12/h10-11,13-16H,1-9,22-23H2,(H,24,25)(H,26,31)(H,27,32)(H,29,30)(H,34,35).